The van der Waals surface area contributed by atoms with Crippen LogP contribution in [-0.2, 0) is 22.5 Å². The first-order chi connectivity index (χ1) is 17.5. The van der Waals surface area contributed by atoms with Crippen molar-refractivity contribution < 1.29 is 18.7 Å². The zero-order chi connectivity index (χ0) is 24.9. The second-order valence-corrected chi connectivity index (χ2v) is 9.73. The molecule has 1 amide bonds. The maximum Gasteiger partial charge on any atom is 0.226 e. The molecule has 2 aromatic carbocycles. The molecule has 3 heterocycles. The Labute approximate surface area is 211 Å². The number of pyridine rings is 1. The minimum atomic E-state index is -0.323. The number of aryl methyl sites for hydroxylation is 1. The van der Waals surface area contributed by atoms with Gasteiger partial charge in [0.1, 0.15) is 18.2 Å². The number of benzene rings is 2. The van der Waals surface area contributed by atoms with Crippen LogP contribution in [0.4, 0.5) is 4.39 Å². The molecule has 5 rings (SSSR count). The predicted molar refractivity (Wildman–Crippen MR) is 136 cm³/mol. The van der Waals surface area contributed by atoms with Crippen molar-refractivity contribution in [2.75, 3.05) is 39.5 Å². The van der Waals surface area contributed by atoms with E-state index in [1.165, 1.54) is 6.07 Å². The summed E-state index contributed by atoms with van der Waals surface area (Å²) in [5, 5.41) is 2.75. The SMILES string of the molecule is Cc1cc(OCCN2C[C@H]3COC[C@H]3C2)ccc1-c1ccc(CC(=O)NCc2ccccc2F)nc1. The van der Waals surface area contributed by atoms with E-state index in [0.717, 1.165) is 55.3 Å². The molecular formula is C29H32FN3O3. The van der Waals surface area contributed by atoms with E-state index in [0.29, 0.717) is 29.7 Å². The summed E-state index contributed by atoms with van der Waals surface area (Å²) in [5.41, 5.74) is 4.31. The van der Waals surface area contributed by atoms with Gasteiger partial charge in [-0.1, -0.05) is 30.3 Å². The number of hydrogen-bond acceptors (Lipinski definition) is 5. The number of ether oxygens (including phenoxy) is 2. The lowest BCUT2D eigenvalue weighted by Gasteiger charge is -2.17. The van der Waals surface area contributed by atoms with Crippen LogP contribution in [0, 0.1) is 24.6 Å². The van der Waals surface area contributed by atoms with Gasteiger partial charge in [-0.25, -0.2) is 4.39 Å². The number of likely N-dealkylation sites (tertiary alicyclic amines) is 1. The molecule has 2 aliphatic heterocycles. The van der Waals surface area contributed by atoms with Gasteiger partial charge in [-0.2, -0.15) is 0 Å². The summed E-state index contributed by atoms with van der Waals surface area (Å²) < 4.78 is 25.3. The highest BCUT2D eigenvalue weighted by Crippen LogP contribution is 2.29. The molecule has 3 aromatic rings. The predicted octanol–water partition coefficient (Wildman–Crippen LogP) is 4.01. The Morgan fingerprint density at radius 2 is 1.94 bits per heavy atom. The van der Waals surface area contributed by atoms with E-state index >= 15 is 0 Å². The fourth-order valence-corrected chi connectivity index (χ4v) is 5.06. The van der Waals surface area contributed by atoms with Crippen LogP contribution in [0.3, 0.4) is 0 Å². The molecule has 0 aliphatic carbocycles. The number of halogens is 1. The zero-order valence-corrected chi connectivity index (χ0v) is 20.6. The third-order valence-corrected chi connectivity index (χ3v) is 7.10. The fourth-order valence-electron chi connectivity index (χ4n) is 5.06. The molecular weight excluding hydrogens is 457 g/mol. The van der Waals surface area contributed by atoms with Crippen molar-refractivity contribution in [3.8, 4) is 16.9 Å². The van der Waals surface area contributed by atoms with Gasteiger partial charge in [0.2, 0.25) is 5.91 Å². The van der Waals surface area contributed by atoms with E-state index < -0.39 is 0 Å². The van der Waals surface area contributed by atoms with Gasteiger partial charge in [-0.3, -0.25) is 14.7 Å². The van der Waals surface area contributed by atoms with Crippen molar-refractivity contribution in [1.82, 2.24) is 15.2 Å². The quantitative estimate of drug-likeness (QED) is 0.492. The molecule has 0 unspecified atom stereocenters. The largest absolute Gasteiger partial charge is 0.492 e. The first-order valence-corrected chi connectivity index (χ1v) is 12.5. The number of fused-ring (bicyclic) bond motifs is 1. The summed E-state index contributed by atoms with van der Waals surface area (Å²) in [7, 11) is 0. The van der Waals surface area contributed by atoms with Crippen molar-refractivity contribution in [1.29, 1.82) is 0 Å². The molecule has 0 bridgehead atoms. The van der Waals surface area contributed by atoms with Crippen molar-refractivity contribution in [2.24, 2.45) is 11.8 Å². The van der Waals surface area contributed by atoms with Gasteiger partial charge in [0.25, 0.3) is 0 Å². The molecule has 2 aliphatic rings. The molecule has 2 saturated heterocycles. The Kier molecular flexibility index (Phi) is 7.58. The molecule has 0 spiro atoms. The van der Waals surface area contributed by atoms with Gasteiger partial charge in [0.05, 0.1) is 19.6 Å². The lowest BCUT2D eigenvalue weighted by atomic mass is 10.0. The Bertz CT molecular complexity index is 1190. The summed E-state index contributed by atoms with van der Waals surface area (Å²) in [6.07, 6.45) is 1.93. The van der Waals surface area contributed by atoms with Crippen molar-refractivity contribution in [3.63, 3.8) is 0 Å². The number of carbonyl (C=O) groups excluding carboxylic acids is 1. The average Bonchev–Trinajstić information content (AvgIpc) is 3.47. The summed E-state index contributed by atoms with van der Waals surface area (Å²) in [6, 6.07) is 16.4. The number of nitrogens with one attached hydrogen (secondary N) is 1. The highest BCUT2D eigenvalue weighted by molar-refractivity contribution is 5.78. The Morgan fingerprint density at radius 1 is 1.14 bits per heavy atom. The molecule has 36 heavy (non-hydrogen) atoms. The lowest BCUT2D eigenvalue weighted by Crippen LogP contribution is -2.27. The van der Waals surface area contributed by atoms with Crippen LogP contribution in [0.5, 0.6) is 5.75 Å². The Morgan fingerprint density at radius 3 is 2.67 bits per heavy atom. The standard InChI is InChI=1S/C29H32FN3O3/c1-20-12-26(36-11-10-33-16-23-18-35-19-24(23)17-33)8-9-27(20)21-6-7-25(31-14-21)13-29(34)32-15-22-4-2-3-5-28(22)30/h2-9,12,14,23-24H,10-11,13,15-19H2,1H3,(H,32,34)/t23-,24+. The third kappa shape index (κ3) is 5.91. The third-order valence-electron chi connectivity index (χ3n) is 7.10. The molecule has 1 N–H and O–H groups in total. The van der Waals surface area contributed by atoms with Crippen LogP contribution in [-0.4, -0.2) is 55.2 Å². The van der Waals surface area contributed by atoms with Crippen molar-refractivity contribution in [2.45, 2.75) is 19.9 Å². The van der Waals surface area contributed by atoms with Gasteiger partial charge in [0, 0.05) is 61.0 Å². The fraction of sp³-hybridized carbons (Fsp3) is 0.379. The monoisotopic (exact) mass is 489 g/mol. The van der Waals surface area contributed by atoms with E-state index in [1.54, 1.807) is 24.4 Å². The topological polar surface area (TPSA) is 63.7 Å². The minimum Gasteiger partial charge on any atom is -0.492 e. The molecule has 6 nitrogen and oxygen atoms in total. The summed E-state index contributed by atoms with van der Waals surface area (Å²) in [6.45, 7) is 7.87. The van der Waals surface area contributed by atoms with Crippen LogP contribution in [0.25, 0.3) is 11.1 Å². The number of hydrogen-bond donors (Lipinski definition) is 1. The number of carbonyl (C=O) groups is 1. The normalized spacial score (nSPS) is 19.3. The van der Waals surface area contributed by atoms with Crippen molar-refractivity contribution in [3.05, 3.63) is 83.4 Å². The van der Waals surface area contributed by atoms with Gasteiger partial charge in [-0.05, 0) is 42.3 Å². The van der Waals surface area contributed by atoms with E-state index in [2.05, 4.69) is 34.3 Å². The van der Waals surface area contributed by atoms with E-state index in [4.69, 9.17) is 9.47 Å². The maximum absolute atomic E-state index is 13.7. The second-order valence-electron chi connectivity index (χ2n) is 9.73. The minimum absolute atomic E-state index is 0.145. The van der Waals surface area contributed by atoms with Crippen LogP contribution >= 0.6 is 0 Å². The first kappa shape index (κ1) is 24.4. The maximum atomic E-state index is 13.7. The van der Waals surface area contributed by atoms with E-state index in [1.807, 2.05) is 18.2 Å². The lowest BCUT2D eigenvalue weighted by molar-refractivity contribution is -0.120. The number of rotatable bonds is 9. The molecule has 2 atom stereocenters. The molecule has 7 heteroatoms. The number of nitrogens with zero attached hydrogens (tertiary/aromatic N) is 2. The van der Waals surface area contributed by atoms with Gasteiger partial charge in [0.15, 0.2) is 0 Å². The summed E-state index contributed by atoms with van der Waals surface area (Å²) >= 11 is 0. The average molecular weight is 490 g/mol. The molecule has 1 aromatic heterocycles. The Hall–Kier alpha value is -3.29. The zero-order valence-electron chi connectivity index (χ0n) is 20.6. The van der Waals surface area contributed by atoms with Gasteiger partial charge < -0.3 is 14.8 Å². The molecule has 2 fully saturated rings. The first-order valence-electron chi connectivity index (χ1n) is 12.5. The number of amides is 1. The summed E-state index contributed by atoms with van der Waals surface area (Å²) in [5.74, 6) is 1.74. The molecule has 188 valence electrons. The Balaban J connectivity index is 1.10. The van der Waals surface area contributed by atoms with Crippen LogP contribution in [0.15, 0.2) is 60.8 Å². The van der Waals surface area contributed by atoms with Crippen LogP contribution in [0.1, 0.15) is 16.8 Å². The smallest absolute Gasteiger partial charge is 0.226 e. The van der Waals surface area contributed by atoms with Crippen molar-refractivity contribution >= 4 is 5.91 Å². The summed E-state index contributed by atoms with van der Waals surface area (Å²) in [4.78, 5) is 19.2. The van der Waals surface area contributed by atoms with Gasteiger partial charge in [-0.15, -0.1) is 0 Å². The highest BCUT2D eigenvalue weighted by Gasteiger charge is 2.36. The van der Waals surface area contributed by atoms with Gasteiger partial charge >= 0.3 is 0 Å². The molecule has 0 radical (unpaired) electrons. The molecule has 0 saturated carbocycles. The number of aromatic nitrogens is 1. The highest BCUT2D eigenvalue weighted by atomic mass is 19.1. The second kappa shape index (κ2) is 11.2. The van der Waals surface area contributed by atoms with Crippen LogP contribution < -0.4 is 10.1 Å². The van der Waals surface area contributed by atoms with E-state index in [9.17, 15) is 9.18 Å². The van der Waals surface area contributed by atoms with Crippen LogP contribution in [0.2, 0.25) is 0 Å². The van der Waals surface area contributed by atoms with E-state index in [-0.39, 0.29) is 24.7 Å².